The van der Waals surface area contributed by atoms with Crippen LogP contribution in [0.5, 0.6) is 0 Å². The van der Waals surface area contributed by atoms with E-state index in [1.165, 1.54) is 33.1 Å². The fraction of sp³-hybridized carbons (Fsp3) is 0.0714. The van der Waals surface area contributed by atoms with Crippen molar-refractivity contribution in [3.63, 3.8) is 0 Å². The first-order valence-electron chi connectivity index (χ1n) is 10.5. The molecule has 1 nitrogen and oxygen atoms in total. The fourth-order valence-corrected chi connectivity index (χ4v) is 5.22. The van der Waals surface area contributed by atoms with E-state index in [1.807, 2.05) is 0 Å². The van der Waals surface area contributed by atoms with Crippen molar-refractivity contribution < 1.29 is 4.28 Å². The molecule has 0 radical (unpaired) electrons. The van der Waals surface area contributed by atoms with Gasteiger partial charge in [0.25, 0.3) is 0 Å². The molecule has 0 aromatic heterocycles. The Morgan fingerprint density at radius 2 is 0.933 bits per heavy atom. The summed E-state index contributed by atoms with van der Waals surface area (Å²) >= 11 is 0. The van der Waals surface area contributed by atoms with E-state index in [2.05, 4.69) is 133 Å². The standard InChI is InChI=1S/C28H25BO/c1-30-22-27(23-14-6-2-7-15-23)28(24-16-8-3-9-17-24)29(30,25-18-10-4-11-19-25)26-20-12-5-13-21-26/h2-21H,22H2,1H3. The molecule has 0 aliphatic carbocycles. The van der Waals surface area contributed by atoms with Crippen molar-refractivity contribution in [2.45, 2.75) is 0 Å². The second kappa shape index (κ2) is 7.81. The third-order valence-electron chi connectivity index (χ3n) is 6.45. The van der Waals surface area contributed by atoms with Gasteiger partial charge in [-0.1, -0.05) is 132 Å². The molecular formula is C28H25BO. The number of hydrogen-bond acceptors (Lipinski definition) is 0. The van der Waals surface area contributed by atoms with Crippen LogP contribution in [-0.4, -0.2) is 20.1 Å². The molecule has 0 saturated carbocycles. The lowest BCUT2D eigenvalue weighted by molar-refractivity contribution is 0.0930. The highest BCUT2D eigenvalue weighted by Gasteiger charge is 2.51. The molecule has 30 heavy (non-hydrogen) atoms. The van der Waals surface area contributed by atoms with E-state index in [0.29, 0.717) is 0 Å². The summed E-state index contributed by atoms with van der Waals surface area (Å²) in [5.74, 6) is 0. The summed E-state index contributed by atoms with van der Waals surface area (Å²) in [4.78, 5) is 0. The summed E-state index contributed by atoms with van der Waals surface area (Å²) in [5, 5.41) is 0. The van der Waals surface area contributed by atoms with Crippen molar-refractivity contribution in [1.82, 2.24) is 0 Å². The van der Waals surface area contributed by atoms with Crippen LogP contribution in [0.3, 0.4) is 0 Å². The lowest BCUT2D eigenvalue weighted by atomic mass is 9.27. The quantitative estimate of drug-likeness (QED) is 0.338. The van der Waals surface area contributed by atoms with Crippen LogP contribution in [0.1, 0.15) is 11.1 Å². The Morgan fingerprint density at radius 3 is 1.40 bits per heavy atom. The highest BCUT2D eigenvalue weighted by molar-refractivity contribution is 7.13. The molecule has 4 aromatic rings. The Labute approximate surface area is 178 Å². The second-order valence-electron chi connectivity index (χ2n) is 8.07. The fourth-order valence-electron chi connectivity index (χ4n) is 5.22. The van der Waals surface area contributed by atoms with E-state index in [9.17, 15) is 0 Å². The van der Waals surface area contributed by atoms with Gasteiger partial charge >= 0.3 is 6.35 Å². The van der Waals surface area contributed by atoms with Gasteiger partial charge in [0.2, 0.25) is 0 Å². The molecule has 1 aliphatic heterocycles. The SMILES string of the molecule is C[O+]1CC(c2ccccc2)=C(c2ccccc2)[B-]1(c1ccccc1)c1ccccc1. The Bertz CT molecular complexity index is 1110. The van der Waals surface area contributed by atoms with Crippen LogP contribution >= 0.6 is 0 Å². The summed E-state index contributed by atoms with van der Waals surface area (Å²) in [7, 11) is 2.19. The van der Waals surface area contributed by atoms with Gasteiger partial charge in [0.15, 0.2) is 0 Å². The Balaban J connectivity index is 1.90. The summed E-state index contributed by atoms with van der Waals surface area (Å²) in [5.41, 5.74) is 7.97. The van der Waals surface area contributed by atoms with E-state index < -0.39 is 6.35 Å². The summed E-state index contributed by atoms with van der Waals surface area (Å²) in [6.45, 7) is 0.831. The van der Waals surface area contributed by atoms with Gasteiger partial charge in [-0.25, -0.2) is 0 Å². The first-order valence-corrected chi connectivity index (χ1v) is 10.5. The van der Waals surface area contributed by atoms with Crippen LogP contribution in [0, 0.1) is 0 Å². The molecule has 0 bridgehead atoms. The molecule has 146 valence electrons. The smallest absolute Gasteiger partial charge is 0.378 e. The van der Waals surface area contributed by atoms with Gasteiger partial charge in [0.1, 0.15) is 6.61 Å². The van der Waals surface area contributed by atoms with Gasteiger partial charge < -0.3 is 4.28 Å². The molecule has 0 fully saturated rings. The van der Waals surface area contributed by atoms with Crippen LogP contribution < -0.4 is 10.9 Å². The zero-order valence-corrected chi connectivity index (χ0v) is 17.2. The third-order valence-corrected chi connectivity index (χ3v) is 6.45. The van der Waals surface area contributed by atoms with Gasteiger partial charge in [-0.15, -0.1) is 10.9 Å². The minimum absolute atomic E-state index is 0.831. The van der Waals surface area contributed by atoms with Crippen LogP contribution in [0.15, 0.2) is 121 Å². The predicted octanol–water partition coefficient (Wildman–Crippen LogP) is 5.09. The number of benzene rings is 4. The molecule has 0 saturated heterocycles. The molecule has 1 aliphatic rings. The Kier molecular flexibility index (Phi) is 4.86. The maximum Gasteiger partial charge on any atom is 0.378 e. The number of rotatable bonds is 4. The van der Waals surface area contributed by atoms with Crippen LogP contribution in [-0.2, 0) is 4.28 Å². The molecule has 0 spiro atoms. The molecule has 2 heteroatoms. The molecular weight excluding hydrogens is 363 g/mol. The van der Waals surface area contributed by atoms with Crippen molar-refractivity contribution in [1.29, 1.82) is 0 Å². The van der Waals surface area contributed by atoms with Crippen molar-refractivity contribution in [3.05, 3.63) is 132 Å². The summed E-state index contributed by atoms with van der Waals surface area (Å²) in [6, 6.07) is 43.6. The average Bonchev–Trinajstić information content (AvgIpc) is 3.15. The van der Waals surface area contributed by atoms with Crippen LogP contribution in [0.2, 0.25) is 0 Å². The Hall–Kier alpha value is -3.36. The molecule has 1 heterocycles. The third kappa shape index (κ3) is 2.92. The van der Waals surface area contributed by atoms with Gasteiger partial charge in [-0.05, 0) is 5.56 Å². The molecule has 4 aromatic carbocycles. The highest BCUT2D eigenvalue weighted by Crippen LogP contribution is 2.43. The van der Waals surface area contributed by atoms with Gasteiger partial charge in [0, 0.05) is 5.57 Å². The van der Waals surface area contributed by atoms with E-state index >= 15 is 0 Å². The van der Waals surface area contributed by atoms with Crippen LogP contribution in [0.4, 0.5) is 0 Å². The largest absolute Gasteiger partial charge is 0.659 e. The minimum atomic E-state index is -1.35. The van der Waals surface area contributed by atoms with E-state index in [-0.39, 0.29) is 0 Å². The monoisotopic (exact) mass is 388 g/mol. The second-order valence-corrected chi connectivity index (χ2v) is 8.07. The number of hydrogen-bond donors (Lipinski definition) is 0. The normalized spacial score (nSPS) is 16.0. The van der Waals surface area contributed by atoms with Crippen molar-refractivity contribution in [3.8, 4) is 0 Å². The zero-order chi connectivity index (χ0) is 20.4. The Morgan fingerprint density at radius 1 is 0.533 bits per heavy atom. The summed E-state index contributed by atoms with van der Waals surface area (Å²) < 4.78 is 3.60. The molecule has 0 unspecified atom stereocenters. The average molecular weight is 388 g/mol. The molecule has 0 amide bonds. The zero-order valence-electron chi connectivity index (χ0n) is 17.2. The van der Waals surface area contributed by atoms with Gasteiger partial charge in [0.05, 0.1) is 7.11 Å². The maximum absolute atomic E-state index is 3.60. The lowest BCUT2D eigenvalue weighted by Crippen LogP contribution is -2.64. The summed E-state index contributed by atoms with van der Waals surface area (Å²) in [6.07, 6.45) is -1.35. The van der Waals surface area contributed by atoms with E-state index in [4.69, 9.17) is 0 Å². The van der Waals surface area contributed by atoms with E-state index in [0.717, 1.165) is 6.61 Å². The van der Waals surface area contributed by atoms with Crippen molar-refractivity contribution in [2.75, 3.05) is 13.7 Å². The van der Waals surface area contributed by atoms with Crippen LogP contribution in [0.25, 0.3) is 11.0 Å². The van der Waals surface area contributed by atoms with Crippen molar-refractivity contribution in [2.24, 2.45) is 0 Å². The van der Waals surface area contributed by atoms with Gasteiger partial charge in [-0.3, -0.25) is 0 Å². The lowest BCUT2D eigenvalue weighted by Gasteiger charge is -2.43. The molecule has 0 atom stereocenters. The maximum atomic E-state index is 3.60. The molecule has 0 N–H and O–H groups in total. The predicted molar refractivity (Wildman–Crippen MR) is 129 cm³/mol. The first-order chi connectivity index (χ1) is 14.8. The van der Waals surface area contributed by atoms with E-state index in [1.54, 1.807) is 0 Å². The topological polar surface area (TPSA) is 2.70 Å². The minimum Gasteiger partial charge on any atom is -0.659 e. The van der Waals surface area contributed by atoms with Crippen molar-refractivity contribution >= 4 is 28.3 Å². The first kappa shape index (κ1) is 18.7. The molecule has 5 rings (SSSR count). The van der Waals surface area contributed by atoms with Gasteiger partial charge in [-0.2, -0.15) is 0 Å². The highest BCUT2D eigenvalue weighted by atomic mass is 16.6.